The Hall–Kier alpha value is -1.82. The summed E-state index contributed by atoms with van der Waals surface area (Å²) in [4.78, 5) is 12.8. The van der Waals surface area contributed by atoms with Gasteiger partial charge in [0, 0.05) is 11.9 Å². The minimum Gasteiger partial charge on any atom is -0.495 e. The second-order valence-corrected chi connectivity index (χ2v) is 6.79. The number of hydrogen-bond acceptors (Lipinski definition) is 3. The van der Waals surface area contributed by atoms with Gasteiger partial charge in [-0.2, -0.15) is 0 Å². The first kappa shape index (κ1) is 17.0. The smallest absolute Gasteiger partial charge is 0.263 e. The van der Waals surface area contributed by atoms with Crippen molar-refractivity contribution in [3.63, 3.8) is 0 Å². The standard InChI is InChI=1S/C17H12Cl2FNO2S/c1-23-12-7-6-11-13(18)16(24-15(11)14(12)19)17(22)21-8-9-2-4-10(20)5-3-9/h2-7H,8H2,1H3,(H,21,22). The summed E-state index contributed by atoms with van der Waals surface area (Å²) >= 11 is 13.8. The Kier molecular flexibility index (Phi) is 4.94. The number of benzene rings is 2. The van der Waals surface area contributed by atoms with Gasteiger partial charge in [-0.1, -0.05) is 35.3 Å². The van der Waals surface area contributed by atoms with Crippen LogP contribution in [0, 0.1) is 5.82 Å². The Morgan fingerprint density at radius 2 is 1.88 bits per heavy atom. The average molecular weight is 384 g/mol. The van der Waals surface area contributed by atoms with Gasteiger partial charge < -0.3 is 10.1 Å². The first-order valence-corrected chi connectivity index (χ1v) is 8.55. The van der Waals surface area contributed by atoms with Gasteiger partial charge in [-0.25, -0.2) is 4.39 Å². The molecular formula is C17H12Cl2FNO2S. The van der Waals surface area contributed by atoms with Gasteiger partial charge in [-0.3, -0.25) is 4.79 Å². The molecule has 1 N–H and O–H groups in total. The van der Waals surface area contributed by atoms with Crippen molar-refractivity contribution in [3.05, 3.63) is 62.7 Å². The van der Waals surface area contributed by atoms with Crippen molar-refractivity contribution >= 4 is 50.5 Å². The number of rotatable bonds is 4. The van der Waals surface area contributed by atoms with Gasteiger partial charge in [0.2, 0.25) is 0 Å². The molecule has 0 fully saturated rings. The van der Waals surface area contributed by atoms with E-state index in [1.165, 1.54) is 30.6 Å². The van der Waals surface area contributed by atoms with Gasteiger partial charge in [0.1, 0.15) is 21.5 Å². The fourth-order valence-electron chi connectivity index (χ4n) is 2.25. The van der Waals surface area contributed by atoms with Crippen LogP contribution in [0.4, 0.5) is 4.39 Å². The average Bonchev–Trinajstić information content (AvgIpc) is 2.92. The number of amides is 1. The maximum Gasteiger partial charge on any atom is 0.263 e. The summed E-state index contributed by atoms with van der Waals surface area (Å²) in [6, 6.07) is 9.41. The van der Waals surface area contributed by atoms with E-state index in [4.69, 9.17) is 27.9 Å². The zero-order chi connectivity index (χ0) is 17.3. The Bertz CT molecular complexity index is 909. The van der Waals surface area contributed by atoms with E-state index in [0.717, 1.165) is 5.56 Å². The lowest BCUT2D eigenvalue weighted by Gasteiger charge is -2.04. The first-order chi connectivity index (χ1) is 11.5. The fourth-order valence-corrected chi connectivity index (χ4v) is 4.06. The van der Waals surface area contributed by atoms with Crippen LogP contribution in [0.3, 0.4) is 0 Å². The number of ether oxygens (including phenoxy) is 1. The molecule has 1 heterocycles. The van der Waals surface area contributed by atoms with E-state index >= 15 is 0 Å². The molecule has 0 radical (unpaired) electrons. The quantitative estimate of drug-likeness (QED) is 0.664. The number of carbonyl (C=O) groups excluding carboxylic acids is 1. The minimum absolute atomic E-state index is 0.279. The lowest BCUT2D eigenvalue weighted by molar-refractivity contribution is 0.0955. The Morgan fingerprint density at radius 1 is 1.17 bits per heavy atom. The summed E-state index contributed by atoms with van der Waals surface area (Å²) in [5.41, 5.74) is 0.793. The highest BCUT2D eigenvalue weighted by atomic mass is 35.5. The van der Waals surface area contributed by atoms with Gasteiger partial charge in [0.25, 0.3) is 5.91 Å². The molecule has 1 aromatic heterocycles. The molecule has 3 rings (SSSR count). The molecule has 1 amide bonds. The van der Waals surface area contributed by atoms with Gasteiger partial charge >= 0.3 is 0 Å². The second-order valence-electron chi connectivity index (χ2n) is 5.01. The summed E-state index contributed by atoms with van der Waals surface area (Å²) in [5.74, 6) is -0.0953. The van der Waals surface area contributed by atoms with E-state index in [9.17, 15) is 9.18 Å². The molecule has 7 heteroatoms. The van der Waals surface area contributed by atoms with Crippen LogP contribution in [0.25, 0.3) is 10.1 Å². The van der Waals surface area contributed by atoms with Gasteiger partial charge in [-0.05, 0) is 29.8 Å². The predicted molar refractivity (Wildman–Crippen MR) is 96.0 cm³/mol. The van der Waals surface area contributed by atoms with Crippen LogP contribution >= 0.6 is 34.5 Å². The molecule has 2 aromatic carbocycles. The zero-order valence-corrected chi connectivity index (χ0v) is 14.9. The molecule has 3 aromatic rings. The van der Waals surface area contributed by atoms with Crippen LogP contribution in [-0.2, 0) is 6.54 Å². The van der Waals surface area contributed by atoms with E-state index in [1.807, 2.05) is 0 Å². The van der Waals surface area contributed by atoms with E-state index < -0.39 is 0 Å². The van der Waals surface area contributed by atoms with Crippen molar-refractivity contribution in [1.82, 2.24) is 5.32 Å². The number of hydrogen-bond donors (Lipinski definition) is 1. The summed E-state index contributed by atoms with van der Waals surface area (Å²) in [7, 11) is 1.53. The van der Waals surface area contributed by atoms with Crippen molar-refractivity contribution in [2.24, 2.45) is 0 Å². The van der Waals surface area contributed by atoms with Crippen LogP contribution in [0.15, 0.2) is 36.4 Å². The molecule has 0 aliphatic heterocycles. The normalized spacial score (nSPS) is 10.8. The summed E-state index contributed by atoms with van der Waals surface area (Å²) in [6.07, 6.45) is 0. The third kappa shape index (κ3) is 3.20. The lowest BCUT2D eigenvalue weighted by atomic mass is 10.2. The second kappa shape index (κ2) is 6.97. The predicted octanol–water partition coefficient (Wildman–Crippen LogP) is 5.29. The molecule has 0 aliphatic rings. The molecule has 0 saturated heterocycles. The fraction of sp³-hybridized carbons (Fsp3) is 0.118. The highest BCUT2D eigenvalue weighted by Gasteiger charge is 2.20. The van der Waals surface area contributed by atoms with Crippen molar-refractivity contribution < 1.29 is 13.9 Å². The van der Waals surface area contributed by atoms with Crippen LogP contribution in [0.2, 0.25) is 10.0 Å². The lowest BCUT2D eigenvalue weighted by Crippen LogP contribution is -2.22. The molecule has 0 saturated carbocycles. The molecule has 0 atom stereocenters. The van der Waals surface area contributed by atoms with E-state index in [-0.39, 0.29) is 18.3 Å². The molecule has 24 heavy (non-hydrogen) atoms. The van der Waals surface area contributed by atoms with Crippen LogP contribution < -0.4 is 10.1 Å². The number of methoxy groups -OCH3 is 1. The third-order valence-electron chi connectivity index (χ3n) is 3.49. The molecule has 0 spiro atoms. The van der Waals surface area contributed by atoms with Crippen molar-refractivity contribution in [2.75, 3.05) is 7.11 Å². The maximum absolute atomic E-state index is 12.9. The third-order valence-corrected chi connectivity index (χ3v) is 5.71. The number of thiophene rings is 1. The Morgan fingerprint density at radius 3 is 2.54 bits per heavy atom. The zero-order valence-electron chi connectivity index (χ0n) is 12.5. The summed E-state index contributed by atoms with van der Waals surface area (Å²) in [5, 5.41) is 4.27. The molecule has 124 valence electrons. The topological polar surface area (TPSA) is 38.3 Å². The van der Waals surface area contributed by atoms with Gasteiger partial charge in [0.15, 0.2) is 0 Å². The molecule has 3 nitrogen and oxygen atoms in total. The van der Waals surface area contributed by atoms with Crippen LogP contribution in [0.1, 0.15) is 15.2 Å². The Labute approximate surface area is 152 Å². The van der Waals surface area contributed by atoms with Crippen LogP contribution in [0.5, 0.6) is 5.75 Å². The van der Waals surface area contributed by atoms with E-state index in [1.54, 1.807) is 24.3 Å². The maximum atomic E-state index is 12.9. The number of fused-ring (bicyclic) bond motifs is 1. The Balaban J connectivity index is 1.85. The van der Waals surface area contributed by atoms with E-state index in [0.29, 0.717) is 30.8 Å². The highest BCUT2D eigenvalue weighted by Crippen LogP contribution is 2.42. The van der Waals surface area contributed by atoms with Gasteiger partial charge in [-0.15, -0.1) is 11.3 Å². The van der Waals surface area contributed by atoms with E-state index in [2.05, 4.69) is 5.32 Å². The molecule has 0 bridgehead atoms. The highest BCUT2D eigenvalue weighted by molar-refractivity contribution is 7.22. The monoisotopic (exact) mass is 383 g/mol. The summed E-state index contributed by atoms with van der Waals surface area (Å²) < 4.78 is 18.8. The molecule has 0 aliphatic carbocycles. The number of nitrogens with one attached hydrogen (secondary N) is 1. The number of halogens is 3. The minimum atomic E-state index is -0.318. The van der Waals surface area contributed by atoms with Crippen molar-refractivity contribution in [2.45, 2.75) is 6.54 Å². The molecule has 0 unspecified atom stereocenters. The number of carbonyl (C=O) groups is 1. The van der Waals surface area contributed by atoms with Gasteiger partial charge in [0.05, 0.1) is 16.8 Å². The largest absolute Gasteiger partial charge is 0.495 e. The van der Waals surface area contributed by atoms with Crippen molar-refractivity contribution in [3.8, 4) is 5.75 Å². The van der Waals surface area contributed by atoms with Crippen molar-refractivity contribution in [1.29, 1.82) is 0 Å². The summed E-state index contributed by atoms with van der Waals surface area (Å²) in [6.45, 7) is 0.279. The van der Waals surface area contributed by atoms with Crippen LogP contribution in [-0.4, -0.2) is 13.0 Å². The SMILES string of the molecule is COc1ccc2c(Cl)c(C(=O)NCc3ccc(F)cc3)sc2c1Cl. The first-order valence-electron chi connectivity index (χ1n) is 6.98. The molecular weight excluding hydrogens is 372 g/mol.